The zero-order valence-corrected chi connectivity index (χ0v) is 36.1. The maximum Gasteiger partial charge on any atom is 0.255 e. The number of para-hydroxylation sites is 2. The number of phenols is 1. The first-order valence-corrected chi connectivity index (χ1v) is 23.2. The average Bonchev–Trinajstić information content (AvgIpc) is 3.93. The Bertz CT molecular complexity index is 2200. The summed E-state index contributed by atoms with van der Waals surface area (Å²) in [6.07, 6.45) is 9.13. The van der Waals surface area contributed by atoms with Crippen LogP contribution in [0.2, 0.25) is 0 Å². The topological polar surface area (TPSA) is 129 Å². The predicted octanol–water partition coefficient (Wildman–Crippen LogP) is 5.56. The van der Waals surface area contributed by atoms with Gasteiger partial charge in [0.15, 0.2) is 0 Å². The van der Waals surface area contributed by atoms with Gasteiger partial charge in [-0.15, -0.1) is 0 Å². The molecule has 1 unspecified atom stereocenters. The summed E-state index contributed by atoms with van der Waals surface area (Å²) >= 11 is 0. The number of phenolic OH excluding ortho intramolecular Hbond substituents is 1. The van der Waals surface area contributed by atoms with Crippen molar-refractivity contribution in [3.05, 3.63) is 77.4 Å². The Labute approximate surface area is 364 Å². The Morgan fingerprint density at radius 1 is 0.742 bits per heavy atom. The number of hydrogen-bond donors (Lipinski definition) is 2. The summed E-state index contributed by atoms with van der Waals surface area (Å²) in [4.78, 5) is 64.8. The van der Waals surface area contributed by atoms with Gasteiger partial charge in [-0.25, -0.2) is 0 Å². The second-order valence-electron chi connectivity index (χ2n) is 19.1. The van der Waals surface area contributed by atoms with Crippen LogP contribution >= 0.6 is 0 Å². The van der Waals surface area contributed by atoms with Gasteiger partial charge in [0.05, 0.1) is 24.3 Å². The molecule has 1 spiro atoms. The maximum atomic E-state index is 13.8. The minimum absolute atomic E-state index is 0.117. The predicted molar refractivity (Wildman–Crippen MR) is 237 cm³/mol. The fourth-order valence-electron chi connectivity index (χ4n) is 12.0. The molecule has 1 aliphatic carbocycles. The lowest BCUT2D eigenvalue weighted by molar-refractivity contribution is -0.140. The Balaban J connectivity index is 0.674. The lowest BCUT2D eigenvalue weighted by Crippen LogP contribution is -2.62. The molecule has 2 atom stereocenters. The molecule has 13 heteroatoms. The molecule has 4 amide bonds. The highest BCUT2D eigenvalue weighted by molar-refractivity contribution is 6.08. The molecular weight excluding hydrogens is 783 g/mol. The number of piperidine rings is 3. The number of rotatable bonds is 10. The van der Waals surface area contributed by atoms with Gasteiger partial charge in [0.25, 0.3) is 5.91 Å². The van der Waals surface area contributed by atoms with Crippen LogP contribution in [0.25, 0.3) is 0 Å². The second-order valence-corrected chi connectivity index (χ2v) is 19.1. The van der Waals surface area contributed by atoms with Crippen molar-refractivity contribution in [2.24, 2.45) is 17.3 Å². The smallest absolute Gasteiger partial charge is 0.255 e. The molecule has 2 N–H and O–H groups in total. The second kappa shape index (κ2) is 16.9. The monoisotopic (exact) mass is 843 g/mol. The number of methoxy groups -OCH3 is 1. The highest BCUT2D eigenvalue weighted by atomic mass is 16.5. The molecule has 6 heterocycles. The number of hydrogen-bond acceptors (Lipinski definition) is 10. The molecular formula is C49H61N7O6. The van der Waals surface area contributed by atoms with Crippen molar-refractivity contribution < 1.29 is 29.0 Å². The molecule has 3 aromatic carbocycles. The summed E-state index contributed by atoms with van der Waals surface area (Å²) in [6, 6.07) is 19.1. The molecule has 6 aliphatic heterocycles. The third-order valence-electron chi connectivity index (χ3n) is 15.5. The summed E-state index contributed by atoms with van der Waals surface area (Å²) in [6.45, 7) is 11.3. The van der Waals surface area contributed by atoms with Gasteiger partial charge in [0.2, 0.25) is 17.7 Å². The number of aromatic hydroxyl groups is 1. The Morgan fingerprint density at radius 2 is 1.35 bits per heavy atom. The molecule has 0 aromatic heterocycles. The first kappa shape index (κ1) is 40.9. The minimum Gasteiger partial charge on any atom is -0.506 e. The highest BCUT2D eigenvalue weighted by Crippen LogP contribution is 2.62. The van der Waals surface area contributed by atoms with Gasteiger partial charge in [0, 0.05) is 107 Å². The van der Waals surface area contributed by atoms with Crippen molar-refractivity contribution in [2.45, 2.75) is 82.8 Å². The van der Waals surface area contributed by atoms with Crippen LogP contribution in [0.4, 0.5) is 17.1 Å². The lowest BCUT2D eigenvalue weighted by Gasteiger charge is -2.55. The van der Waals surface area contributed by atoms with E-state index in [9.17, 15) is 24.3 Å². The van der Waals surface area contributed by atoms with E-state index >= 15 is 0 Å². The van der Waals surface area contributed by atoms with Crippen LogP contribution in [0.5, 0.6) is 11.5 Å². The molecule has 0 radical (unpaired) electrons. The van der Waals surface area contributed by atoms with Crippen LogP contribution in [0, 0.1) is 17.3 Å². The van der Waals surface area contributed by atoms with Gasteiger partial charge in [-0.2, -0.15) is 0 Å². The zero-order valence-electron chi connectivity index (χ0n) is 36.1. The van der Waals surface area contributed by atoms with Crippen molar-refractivity contribution in [1.29, 1.82) is 0 Å². The van der Waals surface area contributed by atoms with E-state index in [0.717, 1.165) is 120 Å². The summed E-state index contributed by atoms with van der Waals surface area (Å²) in [5, 5.41) is 13.1. The van der Waals surface area contributed by atoms with Gasteiger partial charge < -0.3 is 34.3 Å². The van der Waals surface area contributed by atoms with Crippen molar-refractivity contribution >= 4 is 40.7 Å². The number of β-lactam (4-membered cyclic amide) rings is 1. The van der Waals surface area contributed by atoms with Gasteiger partial charge in [0.1, 0.15) is 17.5 Å². The van der Waals surface area contributed by atoms with Crippen LogP contribution in [0.15, 0.2) is 60.7 Å². The van der Waals surface area contributed by atoms with E-state index < -0.39 is 11.5 Å². The number of ether oxygens (including phenoxy) is 1. The number of carbonyl (C=O) groups is 4. The van der Waals surface area contributed by atoms with Gasteiger partial charge in [-0.3, -0.25) is 29.4 Å². The third-order valence-corrected chi connectivity index (χ3v) is 15.5. The number of nitrogens with one attached hydrogen (secondary N) is 1. The van der Waals surface area contributed by atoms with Crippen LogP contribution in [-0.4, -0.2) is 122 Å². The van der Waals surface area contributed by atoms with Crippen LogP contribution in [0.1, 0.15) is 91.7 Å². The molecule has 13 nitrogen and oxygen atoms in total. The molecule has 62 heavy (non-hydrogen) atoms. The Hall–Kier alpha value is -5.14. The van der Waals surface area contributed by atoms with Crippen molar-refractivity contribution in [3.8, 4) is 11.5 Å². The summed E-state index contributed by atoms with van der Waals surface area (Å²) in [5.74, 6) is 1.68. The van der Waals surface area contributed by atoms with Crippen LogP contribution in [-0.2, 0) is 20.9 Å². The average molecular weight is 844 g/mol. The Kier molecular flexibility index (Phi) is 11.1. The lowest BCUT2D eigenvalue weighted by atomic mass is 9.66. The molecule has 1 saturated carbocycles. The van der Waals surface area contributed by atoms with E-state index in [2.05, 4.69) is 55.2 Å². The van der Waals surface area contributed by atoms with E-state index in [1.54, 1.807) is 29.0 Å². The van der Waals surface area contributed by atoms with E-state index in [1.165, 1.54) is 25.1 Å². The SMILES string of the molecule is COc1cc(N2CCC(CN3CCN(CC4CCN(c5ccc6c(c5)CN(C5CCC(=O)NC5=O)C6=O)CC4)CC3)CC2)ccc1[C@@H]1N(c2ccccc2O)C(=O)C12CCCC2. The number of imide groups is 1. The van der Waals surface area contributed by atoms with Gasteiger partial charge in [-0.1, -0.05) is 31.0 Å². The van der Waals surface area contributed by atoms with E-state index in [4.69, 9.17) is 4.74 Å². The van der Waals surface area contributed by atoms with E-state index in [-0.39, 0.29) is 41.8 Å². The molecule has 6 fully saturated rings. The van der Waals surface area contributed by atoms with Crippen molar-refractivity contribution in [1.82, 2.24) is 20.0 Å². The molecule has 7 aliphatic rings. The number of piperazine rings is 1. The number of benzene rings is 3. The van der Waals surface area contributed by atoms with Crippen LogP contribution in [0.3, 0.4) is 0 Å². The van der Waals surface area contributed by atoms with Gasteiger partial charge >= 0.3 is 0 Å². The fourth-order valence-corrected chi connectivity index (χ4v) is 12.0. The largest absolute Gasteiger partial charge is 0.506 e. The standard InChI is InChI=1S/C49H61N7O6/c1-62-43-29-37(9-11-39(43)45-49(18-4-5-19-49)48(61)56(45)40-6-2-3-7-42(40)57)54-22-16-34(17-23-54)31-52-26-24-51(25-27-52)30-33-14-20-53(21-15-33)36-8-10-38-35(28-36)32-55(47(38)60)41-12-13-44(58)50-46(41)59/h2-3,6-11,28-29,33-34,41,45,57H,4-5,12-27,30-32H2,1H3,(H,50,58,59)/t41?,45-/m0/s1. The van der Waals surface area contributed by atoms with Gasteiger partial charge in [-0.05, 0) is 98.7 Å². The zero-order chi connectivity index (χ0) is 42.5. The van der Waals surface area contributed by atoms with Crippen LogP contribution < -0.4 is 24.8 Å². The minimum atomic E-state index is -0.586. The third kappa shape index (κ3) is 7.48. The highest BCUT2D eigenvalue weighted by Gasteiger charge is 2.63. The van der Waals surface area contributed by atoms with Crippen molar-refractivity contribution in [3.63, 3.8) is 0 Å². The number of anilines is 3. The molecule has 0 bridgehead atoms. The van der Waals surface area contributed by atoms with E-state index in [0.29, 0.717) is 36.1 Å². The van der Waals surface area contributed by atoms with E-state index in [1.807, 2.05) is 18.2 Å². The summed E-state index contributed by atoms with van der Waals surface area (Å²) in [7, 11) is 1.73. The molecule has 10 rings (SSSR count). The Morgan fingerprint density at radius 3 is 1.97 bits per heavy atom. The quantitative estimate of drug-likeness (QED) is 0.198. The summed E-state index contributed by atoms with van der Waals surface area (Å²) in [5.41, 5.74) is 5.13. The maximum absolute atomic E-state index is 13.8. The first-order chi connectivity index (χ1) is 30.2. The number of fused-ring (bicyclic) bond motifs is 1. The molecule has 328 valence electrons. The first-order valence-electron chi connectivity index (χ1n) is 23.2. The fraction of sp³-hybridized carbons (Fsp3) is 0.551. The molecule has 5 saturated heterocycles. The number of nitrogens with zero attached hydrogens (tertiary/aromatic N) is 6. The number of carbonyl (C=O) groups excluding carboxylic acids is 4. The normalized spacial score (nSPS) is 25.1. The summed E-state index contributed by atoms with van der Waals surface area (Å²) < 4.78 is 6.06. The van der Waals surface area contributed by atoms with Crippen molar-refractivity contribution in [2.75, 3.05) is 87.3 Å². The molecule has 3 aromatic rings. The number of amides is 4.